The quantitative estimate of drug-likeness (QED) is 0.816. The van der Waals surface area contributed by atoms with E-state index >= 15 is 0 Å². The molecule has 0 aliphatic heterocycles. The van der Waals surface area contributed by atoms with Gasteiger partial charge in [-0.05, 0) is 37.0 Å². The van der Waals surface area contributed by atoms with Crippen molar-refractivity contribution in [1.82, 2.24) is 0 Å². The summed E-state index contributed by atoms with van der Waals surface area (Å²) < 4.78 is 0. The molecule has 1 nitrogen and oxygen atoms in total. The molecule has 0 radical (unpaired) electrons. The molecule has 1 rings (SSSR count). The van der Waals surface area contributed by atoms with E-state index in [0.29, 0.717) is 10.6 Å². The number of alkyl halides is 2. The van der Waals surface area contributed by atoms with Crippen LogP contribution in [0, 0.1) is 0 Å². The minimum Gasteiger partial charge on any atom is -0.508 e. The van der Waals surface area contributed by atoms with Crippen molar-refractivity contribution in [3.05, 3.63) is 29.8 Å². The molecule has 0 fully saturated rings. The van der Waals surface area contributed by atoms with Crippen molar-refractivity contribution < 1.29 is 5.11 Å². The minimum atomic E-state index is 0.338. The zero-order valence-corrected chi connectivity index (χ0v) is 11.1. The van der Waals surface area contributed by atoms with Crippen molar-refractivity contribution in [2.24, 2.45) is 0 Å². The second-order valence-electron chi connectivity index (χ2n) is 3.28. The van der Waals surface area contributed by atoms with Crippen LogP contribution < -0.4 is 0 Å². The third kappa shape index (κ3) is 4.47. The number of aryl methyl sites for hydroxylation is 1. The van der Waals surface area contributed by atoms with Gasteiger partial charge < -0.3 is 5.11 Å². The average molecular weight is 322 g/mol. The van der Waals surface area contributed by atoms with Crippen LogP contribution in [0.2, 0.25) is 0 Å². The van der Waals surface area contributed by atoms with Gasteiger partial charge in [-0.25, -0.2) is 0 Å². The highest BCUT2D eigenvalue weighted by Gasteiger charge is 2.03. The number of benzene rings is 1. The Morgan fingerprint density at radius 3 is 2.36 bits per heavy atom. The first-order valence-corrected chi connectivity index (χ1v) is 6.74. The Morgan fingerprint density at radius 1 is 1.14 bits per heavy atom. The first-order valence-electron chi connectivity index (χ1n) is 4.70. The van der Waals surface area contributed by atoms with Crippen molar-refractivity contribution in [3.8, 4) is 5.75 Å². The second kappa shape index (κ2) is 6.46. The van der Waals surface area contributed by atoms with Gasteiger partial charge in [-0.2, -0.15) is 0 Å². The number of phenolic OH excluding ortho intramolecular Hbond substituents is 1. The highest BCUT2D eigenvalue weighted by molar-refractivity contribution is 9.10. The molecule has 78 valence electrons. The Hall–Kier alpha value is -0.0200. The number of hydrogen-bond acceptors (Lipinski definition) is 1. The van der Waals surface area contributed by atoms with Gasteiger partial charge in [0.25, 0.3) is 0 Å². The zero-order chi connectivity index (χ0) is 10.4. The van der Waals surface area contributed by atoms with Crippen LogP contribution in [0.3, 0.4) is 0 Å². The number of hydrogen-bond donors (Lipinski definition) is 1. The molecular weight excluding hydrogens is 308 g/mol. The van der Waals surface area contributed by atoms with Crippen molar-refractivity contribution in [2.75, 3.05) is 5.33 Å². The van der Waals surface area contributed by atoms with E-state index in [0.717, 1.165) is 24.6 Å². The summed E-state index contributed by atoms with van der Waals surface area (Å²) in [6, 6.07) is 7.43. The van der Waals surface area contributed by atoms with E-state index in [2.05, 4.69) is 31.9 Å². The summed E-state index contributed by atoms with van der Waals surface area (Å²) in [6.45, 7) is 0. The third-order valence-electron chi connectivity index (χ3n) is 2.10. The fraction of sp³-hybridized carbons (Fsp3) is 0.455. The lowest BCUT2D eigenvalue weighted by atomic mass is 10.1. The van der Waals surface area contributed by atoms with Crippen LogP contribution in [0.4, 0.5) is 0 Å². The van der Waals surface area contributed by atoms with Gasteiger partial charge in [-0.15, -0.1) is 0 Å². The second-order valence-corrected chi connectivity index (χ2v) is 5.37. The highest BCUT2D eigenvalue weighted by Crippen LogP contribution is 2.16. The summed E-state index contributed by atoms with van der Waals surface area (Å²) in [4.78, 5) is 0.579. The molecule has 1 N–H and O–H groups in total. The van der Waals surface area contributed by atoms with E-state index in [4.69, 9.17) is 5.11 Å². The Morgan fingerprint density at radius 2 is 1.79 bits per heavy atom. The molecule has 0 bridgehead atoms. The Balaban J connectivity index is 2.34. The van der Waals surface area contributed by atoms with Gasteiger partial charge in [0.1, 0.15) is 5.75 Å². The smallest absolute Gasteiger partial charge is 0.115 e. The maximum Gasteiger partial charge on any atom is 0.115 e. The number of rotatable bonds is 5. The molecular formula is C11H14Br2O. The first-order chi connectivity index (χ1) is 6.72. The van der Waals surface area contributed by atoms with E-state index in [9.17, 15) is 0 Å². The summed E-state index contributed by atoms with van der Waals surface area (Å²) >= 11 is 7.05. The lowest BCUT2D eigenvalue weighted by molar-refractivity contribution is 0.475. The maximum atomic E-state index is 9.10. The van der Waals surface area contributed by atoms with Gasteiger partial charge in [-0.3, -0.25) is 0 Å². The van der Waals surface area contributed by atoms with E-state index in [1.807, 2.05) is 12.1 Å². The minimum absolute atomic E-state index is 0.338. The normalized spacial score (nSPS) is 12.7. The first kappa shape index (κ1) is 12.1. The molecule has 0 saturated heterocycles. The fourth-order valence-electron chi connectivity index (χ4n) is 1.25. The topological polar surface area (TPSA) is 20.2 Å². The van der Waals surface area contributed by atoms with E-state index < -0.39 is 0 Å². The van der Waals surface area contributed by atoms with E-state index in [1.54, 1.807) is 12.1 Å². The molecule has 1 atom stereocenters. The van der Waals surface area contributed by atoms with Crippen LogP contribution in [-0.4, -0.2) is 15.3 Å². The van der Waals surface area contributed by atoms with Crippen LogP contribution in [0.5, 0.6) is 5.75 Å². The van der Waals surface area contributed by atoms with Gasteiger partial charge >= 0.3 is 0 Å². The summed E-state index contributed by atoms with van der Waals surface area (Å²) in [5, 5.41) is 10.1. The summed E-state index contributed by atoms with van der Waals surface area (Å²) in [6.07, 6.45) is 3.34. The van der Waals surface area contributed by atoms with Crippen molar-refractivity contribution in [2.45, 2.75) is 24.1 Å². The lowest BCUT2D eigenvalue weighted by Gasteiger charge is -2.07. The van der Waals surface area contributed by atoms with Crippen molar-refractivity contribution >= 4 is 31.9 Å². The van der Waals surface area contributed by atoms with Gasteiger partial charge in [-0.1, -0.05) is 44.0 Å². The van der Waals surface area contributed by atoms with Crippen LogP contribution >= 0.6 is 31.9 Å². The highest BCUT2D eigenvalue weighted by atomic mass is 79.9. The summed E-state index contributed by atoms with van der Waals surface area (Å²) in [7, 11) is 0. The van der Waals surface area contributed by atoms with Crippen LogP contribution in [0.1, 0.15) is 18.4 Å². The van der Waals surface area contributed by atoms with Gasteiger partial charge in [0.2, 0.25) is 0 Å². The lowest BCUT2D eigenvalue weighted by Crippen LogP contribution is -2.00. The maximum absolute atomic E-state index is 9.10. The zero-order valence-electron chi connectivity index (χ0n) is 7.92. The predicted molar refractivity (Wildman–Crippen MR) is 67.6 cm³/mol. The third-order valence-corrected chi connectivity index (χ3v) is 3.48. The van der Waals surface area contributed by atoms with E-state index in [1.165, 1.54) is 5.56 Å². The average Bonchev–Trinajstić information content (AvgIpc) is 2.17. The molecule has 0 aromatic heterocycles. The Labute approximate surface area is 102 Å². The molecule has 0 spiro atoms. The van der Waals surface area contributed by atoms with Crippen LogP contribution in [-0.2, 0) is 6.42 Å². The molecule has 3 heteroatoms. The van der Waals surface area contributed by atoms with Crippen molar-refractivity contribution in [1.29, 1.82) is 0 Å². The molecule has 0 aliphatic carbocycles. The summed E-state index contributed by atoms with van der Waals surface area (Å²) in [5.41, 5.74) is 1.28. The molecule has 1 aromatic rings. The Kier molecular flexibility index (Phi) is 5.56. The number of phenols is 1. The van der Waals surface area contributed by atoms with Gasteiger partial charge in [0.05, 0.1) is 0 Å². The Bertz CT molecular complexity index is 258. The van der Waals surface area contributed by atoms with Gasteiger partial charge in [0, 0.05) is 10.2 Å². The van der Waals surface area contributed by atoms with E-state index in [-0.39, 0.29) is 0 Å². The molecule has 0 amide bonds. The largest absolute Gasteiger partial charge is 0.508 e. The predicted octanol–water partition coefficient (Wildman–Crippen LogP) is 3.87. The molecule has 0 aliphatic rings. The molecule has 14 heavy (non-hydrogen) atoms. The monoisotopic (exact) mass is 320 g/mol. The van der Waals surface area contributed by atoms with Crippen LogP contribution in [0.25, 0.3) is 0 Å². The fourth-order valence-corrected chi connectivity index (χ4v) is 2.87. The standard InChI is InChI=1S/C11H14Br2O/c12-8-7-10(13)4-1-9-2-5-11(14)6-3-9/h2-3,5-6,10,14H,1,4,7-8H2. The SMILES string of the molecule is Oc1ccc(CCC(Br)CCBr)cc1. The van der Waals surface area contributed by atoms with Gasteiger partial charge in [0.15, 0.2) is 0 Å². The number of halogens is 2. The molecule has 0 heterocycles. The molecule has 0 saturated carbocycles. The van der Waals surface area contributed by atoms with Crippen LogP contribution in [0.15, 0.2) is 24.3 Å². The number of aromatic hydroxyl groups is 1. The van der Waals surface area contributed by atoms with Crippen molar-refractivity contribution in [3.63, 3.8) is 0 Å². The molecule has 1 aromatic carbocycles. The summed E-state index contributed by atoms with van der Waals surface area (Å²) in [5.74, 6) is 0.338. The molecule has 1 unspecified atom stereocenters.